The zero-order chi connectivity index (χ0) is 10.1. The van der Waals surface area contributed by atoms with E-state index in [4.69, 9.17) is 0 Å². The molecular formula is C14H10N. The molecule has 1 N–H and O–H groups in total. The highest BCUT2D eigenvalue weighted by molar-refractivity contribution is 5.95. The van der Waals surface area contributed by atoms with Gasteiger partial charge in [-0.15, -0.1) is 0 Å². The topological polar surface area (TPSA) is 15.8 Å². The Morgan fingerprint density at radius 2 is 1.73 bits per heavy atom. The summed E-state index contributed by atoms with van der Waals surface area (Å²) in [7, 11) is 0. The minimum absolute atomic E-state index is 1.12. The molecule has 1 heteroatoms. The summed E-state index contributed by atoms with van der Waals surface area (Å²) in [5, 5.41) is 2.54. The molecule has 0 spiro atoms. The fourth-order valence-electron chi connectivity index (χ4n) is 1.90. The molecular weight excluding hydrogens is 182 g/mol. The minimum atomic E-state index is 1.12. The van der Waals surface area contributed by atoms with E-state index < -0.39 is 0 Å². The predicted molar refractivity (Wildman–Crippen MR) is 62.6 cm³/mol. The van der Waals surface area contributed by atoms with Gasteiger partial charge in [-0.05, 0) is 22.9 Å². The van der Waals surface area contributed by atoms with E-state index in [2.05, 4.69) is 53.6 Å². The molecule has 0 unspecified atom stereocenters. The highest BCUT2D eigenvalue weighted by Crippen LogP contribution is 2.26. The minimum Gasteiger partial charge on any atom is -0.353 e. The number of fused-ring (bicyclic) bond motifs is 1. The van der Waals surface area contributed by atoms with Crippen molar-refractivity contribution in [3.8, 4) is 11.3 Å². The van der Waals surface area contributed by atoms with Crippen molar-refractivity contribution in [1.82, 2.24) is 4.98 Å². The highest BCUT2D eigenvalue weighted by Gasteiger charge is 2.02. The van der Waals surface area contributed by atoms with E-state index in [0.29, 0.717) is 0 Å². The van der Waals surface area contributed by atoms with Crippen molar-refractivity contribution in [1.29, 1.82) is 0 Å². The lowest BCUT2D eigenvalue weighted by Crippen LogP contribution is -1.80. The van der Waals surface area contributed by atoms with Gasteiger partial charge in [0.1, 0.15) is 0 Å². The lowest BCUT2D eigenvalue weighted by atomic mass is 10.0. The third-order valence-electron chi connectivity index (χ3n) is 2.62. The van der Waals surface area contributed by atoms with Crippen LogP contribution in [0, 0.1) is 6.20 Å². The zero-order valence-electron chi connectivity index (χ0n) is 8.20. The second-order valence-electron chi connectivity index (χ2n) is 3.54. The van der Waals surface area contributed by atoms with Crippen molar-refractivity contribution in [2.75, 3.05) is 0 Å². The van der Waals surface area contributed by atoms with Gasteiger partial charge in [-0.2, -0.15) is 0 Å². The van der Waals surface area contributed by atoms with Crippen molar-refractivity contribution in [3.05, 3.63) is 60.8 Å². The maximum atomic E-state index is 3.12. The standard InChI is InChI=1S/C14H10N/c1-2-7-12-11(5-1)6-3-8-13(12)14-9-4-10-15-14/h1-9,15H. The van der Waals surface area contributed by atoms with Crippen LogP contribution >= 0.6 is 0 Å². The van der Waals surface area contributed by atoms with Gasteiger partial charge in [-0.1, -0.05) is 42.5 Å². The number of hydrogen-bond donors (Lipinski definition) is 1. The molecule has 71 valence electrons. The van der Waals surface area contributed by atoms with Crippen LogP contribution in [0.2, 0.25) is 0 Å². The average molecular weight is 192 g/mol. The molecule has 0 fully saturated rings. The van der Waals surface area contributed by atoms with E-state index in [0.717, 1.165) is 5.69 Å². The molecule has 0 aliphatic carbocycles. The lowest BCUT2D eigenvalue weighted by molar-refractivity contribution is 1.39. The summed E-state index contributed by atoms with van der Waals surface area (Å²) >= 11 is 0. The van der Waals surface area contributed by atoms with Crippen LogP contribution < -0.4 is 0 Å². The Hall–Kier alpha value is -2.02. The fourth-order valence-corrected chi connectivity index (χ4v) is 1.90. The molecule has 2 aromatic carbocycles. The van der Waals surface area contributed by atoms with E-state index in [1.54, 1.807) is 0 Å². The molecule has 15 heavy (non-hydrogen) atoms. The van der Waals surface area contributed by atoms with Crippen LogP contribution in [-0.4, -0.2) is 4.98 Å². The van der Waals surface area contributed by atoms with E-state index in [9.17, 15) is 0 Å². The van der Waals surface area contributed by atoms with Gasteiger partial charge >= 0.3 is 0 Å². The predicted octanol–water partition coefficient (Wildman–Crippen LogP) is 3.64. The van der Waals surface area contributed by atoms with E-state index in [1.165, 1.54) is 16.3 Å². The van der Waals surface area contributed by atoms with Crippen LogP contribution in [0.1, 0.15) is 0 Å². The number of nitrogens with one attached hydrogen (secondary N) is 1. The van der Waals surface area contributed by atoms with Crippen molar-refractivity contribution in [2.45, 2.75) is 0 Å². The maximum Gasteiger partial charge on any atom is 0.0624 e. The van der Waals surface area contributed by atoms with Gasteiger partial charge in [-0.25, -0.2) is 0 Å². The van der Waals surface area contributed by atoms with Crippen LogP contribution in [0.5, 0.6) is 0 Å². The molecule has 0 saturated carbocycles. The van der Waals surface area contributed by atoms with Crippen molar-refractivity contribution in [3.63, 3.8) is 0 Å². The second-order valence-corrected chi connectivity index (χ2v) is 3.54. The van der Waals surface area contributed by atoms with Gasteiger partial charge in [0.25, 0.3) is 0 Å². The Labute approximate surface area is 88.4 Å². The van der Waals surface area contributed by atoms with Crippen LogP contribution in [0.3, 0.4) is 0 Å². The van der Waals surface area contributed by atoms with Crippen LogP contribution in [0.25, 0.3) is 22.0 Å². The van der Waals surface area contributed by atoms with Gasteiger partial charge in [0.2, 0.25) is 0 Å². The molecule has 0 bridgehead atoms. The number of rotatable bonds is 1. The first kappa shape index (κ1) is 8.30. The van der Waals surface area contributed by atoms with Gasteiger partial charge < -0.3 is 4.98 Å². The van der Waals surface area contributed by atoms with Crippen LogP contribution in [0.15, 0.2) is 54.6 Å². The molecule has 0 atom stereocenters. The molecule has 1 heterocycles. The third kappa shape index (κ3) is 1.33. The Balaban J connectivity index is 2.36. The Kier molecular flexibility index (Phi) is 1.82. The highest BCUT2D eigenvalue weighted by atomic mass is 14.7. The molecule has 0 amide bonds. The number of aromatic nitrogens is 1. The average Bonchev–Trinajstić information content (AvgIpc) is 2.82. The third-order valence-corrected chi connectivity index (χ3v) is 2.62. The normalized spacial score (nSPS) is 10.7. The number of H-pyrrole nitrogens is 1. The summed E-state index contributed by atoms with van der Waals surface area (Å²) in [6, 6.07) is 18.7. The van der Waals surface area contributed by atoms with Gasteiger partial charge in [0.15, 0.2) is 0 Å². The second kappa shape index (κ2) is 3.28. The molecule has 3 aromatic rings. The first-order chi connectivity index (χ1) is 7.45. The largest absolute Gasteiger partial charge is 0.353 e. The first-order valence-electron chi connectivity index (χ1n) is 4.98. The smallest absolute Gasteiger partial charge is 0.0624 e. The van der Waals surface area contributed by atoms with Gasteiger partial charge in [0, 0.05) is 11.3 Å². The monoisotopic (exact) mass is 192 g/mol. The Morgan fingerprint density at radius 1 is 0.867 bits per heavy atom. The fraction of sp³-hybridized carbons (Fsp3) is 0. The number of aromatic amines is 1. The molecule has 1 aromatic heterocycles. The molecule has 0 saturated heterocycles. The van der Waals surface area contributed by atoms with Crippen molar-refractivity contribution < 1.29 is 0 Å². The maximum absolute atomic E-state index is 3.12. The van der Waals surface area contributed by atoms with E-state index in [-0.39, 0.29) is 0 Å². The molecule has 0 aliphatic rings. The number of benzene rings is 2. The SMILES string of the molecule is [c]1ccc(-c2cccc3ccccc23)[nH]1. The van der Waals surface area contributed by atoms with E-state index in [1.807, 2.05) is 12.1 Å². The molecule has 3 rings (SSSR count). The van der Waals surface area contributed by atoms with Gasteiger partial charge in [0.05, 0.1) is 6.20 Å². The summed E-state index contributed by atoms with van der Waals surface area (Å²) in [5.41, 5.74) is 2.35. The van der Waals surface area contributed by atoms with E-state index >= 15 is 0 Å². The summed E-state index contributed by atoms with van der Waals surface area (Å²) in [6.07, 6.45) is 2.97. The number of hydrogen-bond acceptors (Lipinski definition) is 0. The quantitative estimate of drug-likeness (QED) is 0.606. The van der Waals surface area contributed by atoms with Gasteiger partial charge in [-0.3, -0.25) is 0 Å². The molecule has 1 radical (unpaired) electrons. The summed E-state index contributed by atoms with van der Waals surface area (Å²) in [6.45, 7) is 0. The Bertz CT molecular complexity index is 574. The van der Waals surface area contributed by atoms with Crippen LogP contribution in [0.4, 0.5) is 0 Å². The summed E-state index contributed by atoms with van der Waals surface area (Å²) in [5.74, 6) is 0. The molecule has 1 nitrogen and oxygen atoms in total. The Morgan fingerprint density at radius 3 is 2.60 bits per heavy atom. The lowest BCUT2D eigenvalue weighted by Gasteiger charge is -2.03. The van der Waals surface area contributed by atoms with Crippen LogP contribution in [-0.2, 0) is 0 Å². The van der Waals surface area contributed by atoms with Crippen molar-refractivity contribution in [2.24, 2.45) is 0 Å². The first-order valence-corrected chi connectivity index (χ1v) is 4.98. The summed E-state index contributed by atoms with van der Waals surface area (Å²) in [4.78, 5) is 3.12. The summed E-state index contributed by atoms with van der Waals surface area (Å²) < 4.78 is 0. The molecule has 0 aliphatic heterocycles. The zero-order valence-corrected chi connectivity index (χ0v) is 8.20. The van der Waals surface area contributed by atoms with Crippen molar-refractivity contribution >= 4 is 10.8 Å².